The minimum atomic E-state index is -2.88. The van der Waals surface area contributed by atoms with Crippen molar-refractivity contribution < 1.29 is 12.6 Å². The summed E-state index contributed by atoms with van der Waals surface area (Å²) in [5.41, 5.74) is 0. The lowest BCUT2D eigenvalue weighted by Crippen LogP contribution is -2.31. The van der Waals surface area contributed by atoms with Gasteiger partial charge >= 0.3 is 0 Å². The minimum absolute atomic E-state index is 0.0986. The smallest absolute Gasteiger partial charge is 0.150 e. The third-order valence-corrected chi connectivity index (χ3v) is 5.60. The van der Waals surface area contributed by atoms with E-state index in [0.717, 1.165) is 0 Å². The summed E-state index contributed by atoms with van der Waals surface area (Å²) in [7, 11) is -5.43. The van der Waals surface area contributed by atoms with E-state index in [1.165, 1.54) is 6.26 Å². The molecule has 1 aliphatic heterocycles. The zero-order valence-electron chi connectivity index (χ0n) is 6.95. The Hall–Kier alpha value is -0.100. The van der Waals surface area contributed by atoms with Crippen molar-refractivity contribution in [3.8, 4) is 0 Å². The van der Waals surface area contributed by atoms with Gasteiger partial charge in [0.15, 0.2) is 0 Å². The average Bonchev–Trinajstić information content (AvgIpc) is 1.83. The molecule has 0 aromatic heterocycles. The van der Waals surface area contributed by atoms with Crippen LogP contribution in [0.3, 0.4) is 0 Å². The molecule has 12 heavy (non-hydrogen) atoms. The lowest BCUT2D eigenvalue weighted by atomic mass is 10.2. The molecule has 0 spiro atoms. The van der Waals surface area contributed by atoms with Crippen molar-refractivity contribution in [1.29, 1.82) is 4.78 Å². The van der Waals surface area contributed by atoms with E-state index >= 15 is 0 Å². The van der Waals surface area contributed by atoms with Crippen LogP contribution < -0.4 is 0 Å². The lowest BCUT2D eigenvalue weighted by Gasteiger charge is -2.21. The minimum Gasteiger partial charge on any atom is -0.253 e. The number of hydrogen-bond donors (Lipinski definition) is 1. The van der Waals surface area contributed by atoms with Gasteiger partial charge in [-0.2, -0.15) is 0 Å². The first-order valence-corrected chi connectivity index (χ1v) is 7.59. The molecular formula is C6H13NO3S2. The Labute approximate surface area is 73.3 Å². The fourth-order valence-electron chi connectivity index (χ4n) is 1.32. The van der Waals surface area contributed by atoms with Gasteiger partial charge in [-0.3, -0.25) is 4.78 Å². The van der Waals surface area contributed by atoms with E-state index in [9.17, 15) is 12.6 Å². The third-order valence-electron chi connectivity index (χ3n) is 2.14. The summed E-state index contributed by atoms with van der Waals surface area (Å²) in [5, 5.41) is -0.221. The quantitative estimate of drug-likeness (QED) is 0.675. The van der Waals surface area contributed by atoms with Gasteiger partial charge in [0.1, 0.15) is 9.84 Å². The van der Waals surface area contributed by atoms with Crippen LogP contribution in [0, 0.1) is 4.78 Å². The van der Waals surface area contributed by atoms with Crippen LogP contribution in [0.25, 0.3) is 0 Å². The van der Waals surface area contributed by atoms with E-state index < -0.39 is 19.6 Å². The molecule has 1 aliphatic rings. The second kappa shape index (κ2) is 2.99. The molecule has 1 saturated heterocycles. The maximum absolute atomic E-state index is 11.2. The van der Waals surface area contributed by atoms with E-state index in [0.29, 0.717) is 12.8 Å². The molecular weight excluding hydrogens is 198 g/mol. The Bertz CT molecular complexity index is 340. The normalized spacial score (nSPS) is 29.4. The van der Waals surface area contributed by atoms with E-state index in [1.54, 1.807) is 0 Å². The Morgan fingerprint density at radius 3 is 2.08 bits per heavy atom. The van der Waals surface area contributed by atoms with Crippen LogP contribution in [0.4, 0.5) is 0 Å². The van der Waals surface area contributed by atoms with E-state index in [1.807, 2.05) is 0 Å². The van der Waals surface area contributed by atoms with Crippen LogP contribution >= 0.6 is 0 Å². The van der Waals surface area contributed by atoms with Crippen molar-refractivity contribution in [3.63, 3.8) is 0 Å². The Kier molecular flexibility index (Phi) is 2.49. The molecule has 1 rings (SSSR count). The summed E-state index contributed by atoms with van der Waals surface area (Å²) >= 11 is 0. The third kappa shape index (κ3) is 2.45. The summed E-state index contributed by atoms with van der Waals surface area (Å²) in [6.07, 6.45) is 2.16. The molecule has 0 aliphatic carbocycles. The fourth-order valence-corrected chi connectivity index (χ4v) is 4.24. The van der Waals surface area contributed by atoms with Gasteiger partial charge < -0.3 is 0 Å². The van der Waals surface area contributed by atoms with Gasteiger partial charge in [0.05, 0.1) is 11.5 Å². The zero-order valence-corrected chi connectivity index (χ0v) is 8.58. The van der Waals surface area contributed by atoms with Gasteiger partial charge in [-0.15, -0.1) is 0 Å². The molecule has 0 saturated carbocycles. The molecule has 0 amide bonds. The lowest BCUT2D eigenvalue weighted by molar-refractivity contribution is 0.573. The van der Waals surface area contributed by atoms with Gasteiger partial charge in [0.2, 0.25) is 0 Å². The molecule has 4 nitrogen and oxygen atoms in total. The molecule has 1 fully saturated rings. The fraction of sp³-hybridized carbons (Fsp3) is 1.00. The summed E-state index contributed by atoms with van der Waals surface area (Å²) in [6.45, 7) is 0. The highest BCUT2D eigenvalue weighted by atomic mass is 32.2. The molecule has 0 aromatic carbocycles. The van der Waals surface area contributed by atoms with Crippen molar-refractivity contribution in [2.24, 2.45) is 0 Å². The van der Waals surface area contributed by atoms with Gasteiger partial charge in [-0.25, -0.2) is 12.6 Å². The van der Waals surface area contributed by atoms with Crippen molar-refractivity contribution in [2.75, 3.05) is 17.8 Å². The van der Waals surface area contributed by atoms with Crippen LogP contribution in [-0.2, 0) is 19.6 Å². The van der Waals surface area contributed by atoms with E-state index in [-0.39, 0.29) is 16.8 Å². The molecule has 0 bridgehead atoms. The summed E-state index contributed by atoms with van der Waals surface area (Å²) in [5.74, 6) is 0.197. The largest absolute Gasteiger partial charge is 0.253 e. The second-order valence-electron chi connectivity index (χ2n) is 3.26. The average molecular weight is 211 g/mol. The molecule has 1 heterocycles. The first-order chi connectivity index (χ1) is 5.31. The second-order valence-corrected chi connectivity index (χ2v) is 8.03. The highest BCUT2D eigenvalue weighted by molar-refractivity contribution is 7.93. The van der Waals surface area contributed by atoms with Crippen LogP contribution in [0.2, 0.25) is 0 Å². The van der Waals surface area contributed by atoms with Gasteiger partial charge in [0, 0.05) is 21.2 Å². The molecule has 0 radical (unpaired) electrons. The van der Waals surface area contributed by atoms with Crippen LogP contribution in [-0.4, -0.2) is 35.6 Å². The molecule has 1 N–H and O–H groups in total. The maximum atomic E-state index is 11.2. The summed E-state index contributed by atoms with van der Waals surface area (Å²) in [6, 6.07) is 0. The zero-order chi connectivity index (χ0) is 9.41. The van der Waals surface area contributed by atoms with Crippen LogP contribution in [0.15, 0.2) is 0 Å². The SMILES string of the molecule is CS(=N)(=O)C1CCS(=O)(=O)CC1. The van der Waals surface area contributed by atoms with E-state index in [2.05, 4.69) is 0 Å². The summed E-state index contributed by atoms with van der Waals surface area (Å²) < 4.78 is 40.5. The molecule has 0 aromatic rings. The predicted molar refractivity (Wildman–Crippen MR) is 48.5 cm³/mol. The molecule has 72 valence electrons. The van der Waals surface area contributed by atoms with Crippen molar-refractivity contribution in [3.05, 3.63) is 0 Å². The predicted octanol–water partition coefficient (Wildman–Crippen LogP) is 0.240. The van der Waals surface area contributed by atoms with Gasteiger partial charge in [-0.1, -0.05) is 0 Å². The van der Waals surface area contributed by atoms with Gasteiger partial charge in [0.25, 0.3) is 0 Å². The molecule has 1 atom stereocenters. The Balaban J connectivity index is 2.71. The number of hydrogen-bond acceptors (Lipinski definition) is 4. The van der Waals surface area contributed by atoms with Crippen molar-refractivity contribution >= 4 is 19.6 Å². The Morgan fingerprint density at radius 1 is 1.33 bits per heavy atom. The number of sulfone groups is 1. The number of rotatable bonds is 1. The van der Waals surface area contributed by atoms with Crippen molar-refractivity contribution in [2.45, 2.75) is 18.1 Å². The van der Waals surface area contributed by atoms with Crippen LogP contribution in [0.5, 0.6) is 0 Å². The topological polar surface area (TPSA) is 75.1 Å². The first kappa shape index (κ1) is 9.98. The summed E-state index contributed by atoms with van der Waals surface area (Å²) in [4.78, 5) is 0. The van der Waals surface area contributed by atoms with Gasteiger partial charge in [-0.05, 0) is 12.8 Å². The van der Waals surface area contributed by atoms with Crippen molar-refractivity contribution in [1.82, 2.24) is 0 Å². The first-order valence-electron chi connectivity index (χ1n) is 3.74. The Morgan fingerprint density at radius 2 is 1.75 bits per heavy atom. The highest BCUT2D eigenvalue weighted by Gasteiger charge is 2.27. The standard InChI is InChI=1S/C6H13NO3S2/c1-11(7,8)6-2-4-12(9,10)5-3-6/h6-7H,2-5H2,1H3. The maximum Gasteiger partial charge on any atom is 0.150 e. The number of nitrogens with one attached hydrogen (secondary N) is 1. The highest BCUT2D eigenvalue weighted by Crippen LogP contribution is 2.18. The molecule has 1 unspecified atom stereocenters. The molecule has 6 heteroatoms. The van der Waals surface area contributed by atoms with E-state index in [4.69, 9.17) is 4.78 Å². The monoisotopic (exact) mass is 211 g/mol. The van der Waals surface area contributed by atoms with Crippen LogP contribution in [0.1, 0.15) is 12.8 Å².